The number of carboxylic acids is 1. The van der Waals surface area contributed by atoms with Crippen LogP contribution in [0.15, 0.2) is 12.1 Å². The number of anilines is 1. The number of rotatable bonds is 3. The largest absolute Gasteiger partial charge is 0.481 e. The van der Waals surface area contributed by atoms with E-state index in [2.05, 4.69) is 0 Å². The molecule has 110 valence electrons. The zero-order valence-electron chi connectivity index (χ0n) is 11.2. The molecule has 3 nitrogen and oxygen atoms in total. The van der Waals surface area contributed by atoms with Crippen molar-refractivity contribution in [3.63, 3.8) is 0 Å². The lowest BCUT2D eigenvalue weighted by Crippen LogP contribution is -2.23. The summed E-state index contributed by atoms with van der Waals surface area (Å²) >= 11 is 0. The van der Waals surface area contributed by atoms with Gasteiger partial charge < -0.3 is 10.8 Å². The standard InChI is InChI=1S/C15H19F2NO2/c16-10-7-11(14(18)12(17)8-10)13(15(19)20)9-5-3-1-2-4-6-9/h7-9,13H,1-6,18H2,(H,19,20). The minimum Gasteiger partial charge on any atom is -0.481 e. The number of halogens is 2. The average Bonchev–Trinajstić information content (AvgIpc) is 2.64. The topological polar surface area (TPSA) is 63.3 Å². The van der Waals surface area contributed by atoms with E-state index in [4.69, 9.17) is 5.73 Å². The van der Waals surface area contributed by atoms with Gasteiger partial charge in [0, 0.05) is 6.07 Å². The SMILES string of the molecule is Nc1c(F)cc(F)cc1C(C(=O)O)C1CCCCCC1. The molecule has 0 radical (unpaired) electrons. The summed E-state index contributed by atoms with van der Waals surface area (Å²) in [6.07, 6.45) is 5.58. The molecule has 1 unspecified atom stereocenters. The maximum Gasteiger partial charge on any atom is 0.311 e. The number of nitrogen functional groups attached to an aromatic ring is 1. The first kappa shape index (κ1) is 14.8. The van der Waals surface area contributed by atoms with Crippen LogP contribution in [0.3, 0.4) is 0 Å². The molecule has 1 atom stereocenters. The third-order valence-corrected chi connectivity index (χ3v) is 4.10. The zero-order chi connectivity index (χ0) is 14.7. The summed E-state index contributed by atoms with van der Waals surface area (Å²) in [5.41, 5.74) is 5.45. The van der Waals surface area contributed by atoms with Crippen LogP contribution >= 0.6 is 0 Å². The van der Waals surface area contributed by atoms with Crippen LogP contribution in [0.4, 0.5) is 14.5 Å². The van der Waals surface area contributed by atoms with Crippen molar-refractivity contribution in [1.82, 2.24) is 0 Å². The number of aliphatic carboxylic acids is 1. The minimum atomic E-state index is -1.06. The summed E-state index contributed by atoms with van der Waals surface area (Å²) < 4.78 is 26.9. The van der Waals surface area contributed by atoms with Gasteiger partial charge in [0.1, 0.15) is 11.6 Å². The van der Waals surface area contributed by atoms with Gasteiger partial charge in [-0.1, -0.05) is 25.7 Å². The first-order chi connectivity index (χ1) is 9.50. The predicted octanol–water partition coefficient (Wildman–Crippen LogP) is 3.69. The van der Waals surface area contributed by atoms with E-state index in [1.54, 1.807) is 0 Å². The molecular formula is C15H19F2NO2. The number of nitrogens with two attached hydrogens (primary N) is 1. The summed E-state index contributed by atoms with van der Waals surface area (Å²) in [6.45, 7) is 0. The van der Waals surface area contributed by atoms with Crippen LogP contribution in [-0.4, -0.2) is 11.1 Å². The normalized spacial score (nSPS) is 18.5. The number of hydrogen-bond donors (Lipinski definition) is 2. The minimum absolute atomic E-state index is 0.0712. The van der Waals surface area contributed by atoms with Gasteiger partial charge in [0.05, 0.1) is 11.6 Å². The fourth-order valence-electron chi connectivity index (χ4n) is 3.09. The molecule has 1 saturated carbocycles. The fraction of sp³-hybridized carbons (Fsp3) is 0.533. The number of carbonyl (C=O) groups is 1. The second kappa shape index (κ2) is 6.20. The maximum atomic E-state index is 13.6. The third-order valence-electron chi connectivity index (χ3n) is 4.10. The van der Waals surface area contributed by atoms with Gasteiger partial charge in [-0.2, -0.15) is 0 Å². The monoisotopic (exact) mass is 283 g/mol. The summed E-state index contributed by atoms with van der Waals surface area (Å²) in [7, 11) is 0. The van der Waals surface area contributed by atoms with Crippen LogP contribution in [0.5, 0.6) is 0 Å². The summed E-state index contributed by atoms with van der Waals surface area (Å²) in [5, 5.41) is 9.48. The highest BCUT2D eigenvalue weighted by molar-refractivity contribution is 5.79. The second-order valence-electron chi connectivity index (χ2n) is 5.46. The Morgan fingerprint density at radius 1 is 1.20 bits per heavy atom. The Bertz CT molecular complexity index is 497. The van der Waals surface area contributed by atoms with Crippen LogP contribution in [0.2, 0.25) is 0 Å². The van der Waals surface area contributed by atoms with Gasteiger partial charge in [-0.3, -0.25) is 4.79 Å². The van der Waals surface area contributed by atoms with Crippen LogP contribution in [0.25, 0.3) is 0 Å². The molecule has 0 heterocycles. The van der Waals surface area contributed by atoms with Crippen LogP contribution < -0.4 is 5.73 Å². The molecular weight excluding hydrogens is 264 g/mol. The molecule has 1 aromatic carbocycles. The number of hydrogen-bond acceptors (Lipinski definition) is 2. The zero-order valence-corrected chi connectivity index (χ0v) is 11.2. The molecule has 0 spiro atoms. The highest BCUT2D eigenvalue weighted by atomic mass is 19.1. The quantitative estimate of drug-likeness (QED) is 0.657. The van der Waals surface area contributed by atoms with Gasteiger partial charge in [0.15, 0.2) is 0 Å². The van der Waals surface area contributed by atoms with Crippen molar-refractivity contribution in [2.75, 3.05) is 5.73 Å². The Hall–Kier alpha value is -1.65. The Balaban J connectivity index is 2.40. The first-order valence-corrected chi connectivity index (χ1v) is 6.98. The van der Waals surface area contributed by atoms with E-state index in [9.17, 15) is 18.7 Å². The lowest BCUT2D eigenvalue weighted by molar-refractivity contribution is -0.140. The highest BCUT2D eigenvalue weighted by Gasteiger charge is 2.32. The van der Waals surface area contributed by atoms with E-state index in [0.717, 1.165) is 44.6 Å². The molecule has 1 fully saturated rings. The second-order valence-corrected chi connectivity index (χ2v) is 5.46. The Labute approximate surface area is 116 Å². The van der Waals surface area contributed by atoms with E-state index >= 15 is 0 Å². The van der Waals surface area contributed by atoms with Crippen LogP contribution in [0.1, 0.15) is 50.0 Å². The molecule has 20 heavy (non-hydrogen) atoms. The van der Waals surface area contributed by atoms with E-state index < -0.39 is 23.5 Å². The van der Waals surface area contributed by atoms with Crippen molar-refractivity contribution in [3.05, 3.63) is 29.3 Å². The first-order valence-electron chi connectivity index (χ1n) is 6.98. The molecule has 0 saturated heterocycles. The van der Waals surface area contributed by atoms with Crippen molar-refractivity contribution < 1.29 is 18.7 Å². The van der Waals surface area contributed by atoms with Crippen molar-refractivity contribution in [3.8, 4) is 0 Å². The molecule has 0 aliphatic heterocycles. The lowest BCUT2D eigenvalue weighted by atomic mass is 9.80. The van der Waals surface area contributed by atoms with Gasteiger partial charge in [-0.05, 0) is 30.4 Å². The Kier molecular flexibility index (Phi) is 4.57. The summed E-state index contributed by atoms with van der Waals surface area (Å²) in [4.78, 5) is 11.6. The molecule has 1 aliphatic rings. The smallest absolute Gasteiger partial charge is 0.311 e. The molecule has 0 amide bonds. The van der Waals surface area contributed by atoms with E-state index in [1.165, 1.54) is 0 Å². The third kappa shape index (κ3) is 3.08. The van der Waals surface area contributed by atoms with Crippen molar-refractivity contribution >= 4 is 11.7 Å². The van der Waals surface area contributed by atoms with Crippen molar-refractivity contribution in [2.24, 2.45) is 5.92 Å². The molecule has 0 aromatic heterocycles. The van der Waals surface area contributed by atoms with Gasteiger partial charge in [0.25, 0.3) is 0 Å². The Morgan fingerprint density at radius 3 is 2.35 bits per heavy atom. The van der Waals surface area contributed by atoms with Crippen molar-refractivity contribution in [1.29, 1.82) is 0 Å². The average molecular weight is 283 g/mol. The molecule has 5 heteroatoms. The summed E-state index contributed by atoms with van der Waals surface area (Å²) in [6, 6.07) is 1.74. The molecule has 1 aliphatic carbocycles. The van der Waals surface area contributed by atoms with Gasteiger partial charge in [0.2, 0.25) is 0 Å². The van der Waals surface area contributed by atoms with Crippen LogP contribution in [0, 0.1) is 17.6 Å². The molecule has 2 rings (SSSR count). The summed E-state index contributed by atoms with van der Waals surface area (Å²) in [5.74, 6) is -3.78. The molecule has 3 N–H and O–H groups in total. The number of benzene rings is 1. The van der Waals surface area contributed by atoms with E-state index in [-0.39, 0.29) is 17.2 Å². The van der Waals surface area contributed by atoms with Crippen molar-refractivity contribution in [2.45, 2.75) is 44.4 Å². The highest BCUT2D eigenvalue weighted by Crippen LogP contribution is 2.38. The fourth-order valence-corrected chi connectivity index (χ4v) is 3.09. The lowest BCUT2D eigenvalue weighted by Gasteiger charge is -2.24. The predicted molar refractivity (Wildman–Crippen MR) is 72.3 cm³/mol. The number of carboxylic acid groups (broad SMARTS) is 1. The van der Waals surface area contributed by atoms with Gasteiger partial charge in [-0.25, -0.2) is 8.78 Å². The molecule has 0 bridgehead atoms. The van der Waals surface area contributed by atoms with Crippen LogP contribution in [-0.2, 0) is 4.79 Å². The Morgan fingerprint density at radius 2 is 1.80 bits per heavy atom. The molecule has 1 aromatic rings. The van der Waals surface area contributed by atoms with E-state index in [0.29, 0.717) is 6.07 Å². The van der Waals surface area contributed by atoms with E-state index in [1.807, 2.05) is 0 Å². The van der Waals surface area contributed by atoms with Gasteiger partial charge in [-0.15, -0.1) is 0 Å². The van der Waals surface area contributed by atoms with Gasteiger partial charge >= 0.3 is 5.97 Å². The maximum absolute atomic E-state index is 13.6.